The lowest BCUT2D eigenvalue weighted by Crippen LogP contribution is -2.30. The molecule has 0 atom stereocenters. The lowest BCUT2D eigenvalue weighted by molar-refractivity contribution is 0.0467. The number of ether oxygens (including phenoxy) is 3. The Hall–Kier alpha value is -1.55. The first-order chi connectivity index (χ1) is 10.7. The van der Waals surface area contributed by atoms with Crippen LogP contribution in [0.25, 0.3) is 0 Å². The van der Waals surface area contributed by atoms with E-state index in [0.717, 1.165) is 5.56 Å². The second-order valence-electron chi connectivity index (χ2n) is 4.40. The number of hydrogen-bond donors (Lipinski definition) is 0. The van der Waals surface area contributed by atoms with E-state index in [2.05, 4.69) is 26.7 Å². The molecule has 1 aromatic carbocycles. The van der Waals surface area contributed by atoms with Crippen LogP contribution in [-0.4, -0.2) is 51.0 Å². The van der Waals surface area contributed by atoms with Crippen LogP contribution >= 0.6 is 15.9 Å². The van der Waals surface area contributed by atoms with Crippen LogP contribution < -0.4 is 0 Å². The maximum atomic E-state index is 11.8. The molecule has 0 saturated heterocycles. The number of carbonyl (C=O) groups excluding carboxylic acids is 1. The summed E-state index contributed by atoms with van der Waals surface area (Å²) in [5, 5.41) is 0. The first-order valence-electron chi connectivity index (χ1n) is 6.90. The molecule has 0 unspecified atom stereocenters. The predicted molar refractivity (Wildman–Crippen MR) is 87.6 cm³/mol. The van der Waals surface area contributed by atoms with Crippen LogP contribution in [0.3, 0.4) is 0 Å². The van der Waals surface area contributed by atoms with Crippen LogP contribution in [0.1, 0.15) is 5.56 Å². The highest BCUT2D eigenvalue weighted by molar-refractivity contribution is 9.12. The van der Waals surface area contributed by atoms with E-state index in [1.807, 2.05) is 30.3 Å². The monoisotopic (exact) mass is 369 g/mol. The standard InChI is InChI=1S/C16H20BrNO4/c1-18(9-11-21-13-12-20-10-5-8-17)16(19)22-14-15-6-3-2-4-7-15/h2-4,6-7H,9-14H2,1H3. The van der Waals surface area contributed by atoms with E-state index in [1.165, 1.54) is 4.90 Å². The van der Waals surface area contributed by atoms with E-state index in [4.69, 9.17) is 14.2 Å². The van der Waals surface area contributed by atoms with E-state index in [9.17, 15) is 4.79 Å². The Kier molecular flexibility index (Phi) is 10.1. The molecule has 0 fully saturated rings. The fourth-order valence-corrected chi connectivity index (χ4v) is 1.61. The van der Waals surface area contributed by atoms with E-state index in [0.29, 0.717) is 33.0 Å². The van der Waals surface area contributed by atoms with Crippen molar-refractivity contribution in [2.24, 2.45) is 0 Å². The molecule has 0 heterocycles. The van der Waals surface area contributed by atoms with Gasteiger partial charge in [-0.25, -0.2) is 4.79 Å². The molecule has 0 aliphatic rings. The number of halogens is 1. The molecular weight excluding hydrogens is 350 g/mol. The van der Waals surface area contributed by atoms with Crippen LogP contribution in [0.2, 0.25) is 0 Å². The summed E-state index contributed by atoms with van der Waals surface area (Å²) in [6, 6.07) is 9.57. The second-order valence-corrected chi connectivity index (χ2v) is 4.79. The molecular formula is C16H20BrNO4. The Bertz CT molecular complexity index is 484. The Labute approximate surface area is 139 Å². The zero-order chi connectivity index (χ0) is 16.0. The SMILES string of the molecule is CN(CCOCCOCC#CBr)C(=O)OCc1ccccc1. The van der Waals surface area contributed by atoms with Crippen LogP contribution in [0, 0.1) is 10.8 Å². The van der Waals surface area contributed by atoms with Crippen LogP contribution in [0.5, 0.6) is 0 Å². The molecule has 0 bridgehead atoms. The van der Waals surface area contributed by atoms with Gasteiger partial charge in [0, 0.05) is 29.5 Å². The first kappa shape index (κ1) is 18.5. The summed E-state index contributed by atoms with van der Waals surface area (Å²) in [5.74, 6) is 2.72. The van der Waals surface area contributed by atoms with Crippen molar-refractivity contribution in [3.8, 4) is 10.8 Å². The van der Waals surface area contributed by atoms with E-state index < -0.39 is 0 Å². The van der Waals surface area contributed by atoms with Gasteiger partial charge < -0.3 is 19.1 Å². The van der Waals surface area contributed by atoms with Crippen molar-refractivity contribution < 1.29 is 19.0 Å². The first-order valence-corrected chi connectivity index (χ1v) is 7.69. The minimum atomic E-state index is -0.365. The van der Waals surface area contributed by atoms with E-state index in [-0.39, 0.29) is 12.7 Å². The molecule has 0 aromatic heterocycles. The number of benzene rings is 1. The van der Waals surface area contributed by atoms with Crippen molar-refractivity contribution in [3.05, 3.63) is 35.9 Å². The zero-order valence-electron chi connectivity index (χ0n) is 12.6. The highest BCUT2D eigenvalue weighted by atomic mass is 79.9. The number of hydrogen-bond acceptors (Lipinski definition) is 4. The third-order valence-electron chi connectivity index (χ3n) is 2.70. The minimum absolute atomic E-state index is 0.271. The van der Waals surface area contributed by atoms with Gasteiger partial charge in [0.05, 0.1) is 19.8 Å². The van der Waals surface area contributed by atoms with Gasteiger partial charge in [-0.05, 0) is 10.4 Å². The van der Waals surface area contributed by atoms with Crippen molar-refractivity contribution in [3.63, 3.8) is 0 Å². The Morgan fingerprint density at radius 3 is 2.64 bits per heavy atom. The van der Waals surface area contributed by atoms with Crippen molar-refractivity contribution in [2.75, 3.05) is 40.0 Å². The predicted octanol–water partition coefficient (Wildman–Crippen LogP) is 2.64. The Morgan fingerprint density at radius 2 is 1.91 bits per heavy atom. The molecule has 0 aliphatic heterocycles. The van der Waals surface area contributed by atoms with Gasteiger partial charge in [-0.2, -0.15) is 0 Å². The summed E-state index contributed by atoms with van der Waals surface area (Å²) in [6.07, 6.45) is -0.365. The topological polar surface area (TPSA) is 48.0 Å². The molecule has 0 spiro atoms. The highest BCUT2D eigenvalue weighted by Gasteiger charge is 2.09. The van der Waals surface area contributed by atoms with Crippen molar-refractivity contribution in [2.45, 2.75) is 6.61 Å². The molecule has 0 saturated carbocycles. The van der Waals surface area contributed by atoms with E-state index >= 15 is 0 Å². The maximum Gasteiger partial charge on any atom is 0.409 e. The van der Waals surface area contributed by atoms with Gasteiger partial charge in [0.15, 0.2) is 0 Å². The van der Waals surface area contributed by atoms with Crippen LogP contribution in [0.15, 0.2) is 30.3 Å². The average molecular weight is 370 g/mol. The molecule has 1 aromatic rings. The summed E-state index contributed by atoms with van der Waals surface area (Å²) in [5.41, 5.74) is 0.962. The summed E-state index contributed by atoms with van der Waals surface area (Å²) in [4.78, 5) is 15.8. The maximum absolute atomic E-state index is 11.8. The average Bonchev–Trinajstić information content (AvgIpc) is 2.55. The van der Waals surface area contributed by atoms with Gasteiger partial charge in [0.2, 0.25) is 0 Å². The quantitative estimate of drug-likeness (QED) is 0.495. The highest BCUT2D eigenvalue weighted by Crippen LogP contribution is 2.02. The fraction of sp³-hybridized carbons (Fsp3) is 0.438. The van der Waals surface area contributed by atoms with Gasteiger partial charge >= 0.3 is 6.09 Å². The molecule has 0 radical (unpaired) electrons. The minimum Gasteiger partial charge on any atom is -0.445 e. The normalized spacial score (nSPS) is 9.73. The van der Waals surface area contributed by atoms with Gasteiger partial charge in [-0.1, -0.05) is 36.3 Å². The molecule has 5 nitrogen and oxygen atoms in total. The number of nitrogens with zero attached hydrogens (tertiary/aromatic N) is 1. The van der Waals surface area contributed by atoms with Gasteiger partial charge in [0.1, 0.15) is 13.2 Å². The number of carbonyl (C=O) groups is 1. The van der Waals surface area contributed by atoms with Gasteiger partial charge in [0.25, 0.3) is 0 Å². The largest absolute Gasteiger partial charge is 0.445 e. The molecule has 1 rings (SSSR count). The summed E-state index contributed by atoms with van der Waals surface area (Å²) in [7, 11) is 1.68. The molecule has 120 valence electrons. The van der Waals surface area contributed by atoms with Crippen molar-refractivity contribution in [1.29, 1.82) is 0 Å². The number of rotatable bonds is 9. The van der Waals surface area contributed by atoms with Gasteiger partial charge in [-0.3, -0.25) is 0 Å². The molecule has 22 heavy (non-hydrogen) atoms. The number of likely N-dealkylation sites (N-methyl/N-ethyl adjacent to an activating group) is 1. The van der Waals surface area contributed by atoms with Crippen LogP contribution in [0.4, 0.5) is 4.79 Å². The molecule has 6 heteroatoms. The zero-order valence-corrected chi connectivity index (χ0v) is 14.2. The second kappa shape index (κ2) is 12.0. The lowest BCUT2D eigenvalue weighted by Gasteiger charge is -2.17. The smallest absolute Gasteiger partial charge is 0.409 e. The molecule has 0 aliphatic carbocycles. The van der Waals surface area contributed by atoms with Crippen molar-refractivity contribution in [1.82, 2.24) is 4.90 Å². The Balaban J connectivity index is 2.05. The van der Waals surface area contributed by atoms with Crippen molar-refractivity contribution >= 4 is 22.0 Å². The third kappa shape index (κ3) is 8.67. The number of amides is 1. The molecule has 0 N–H and O–H groups in total. The summed E-state index contributed by atoms with van der Waals surface area (Å²) >= 11 is 2.98. The lowest BCUT2D eigenvalue weighted by atomic mass is 10.2. The molecule has 1 amide bonds. The Morgan fingerprint density at radius 1 is 1.18 bits per heavy atom. The fourth-order valence-electron chi connectivity index (χ4n) is 1.49. The van der Waals surface area contributed by atoms with Crippen LogP contribution in [-0.2, 0) is 20.8 Å². The summed E-state index contributed by atoms with van der Waals surface area (Å²) < 4.78 is 15.7. The third-order valence-corrected chi connectivity index (χ3v) is 2.98. The summed E-state index contributed by atoms with van der Waals surface area (Å²) in [6.45, 7) is 2.49. The van der Waals surface area contributed by atoms with Gasteiger partial charge in [-0.15, -0.1) is 0 Å². The van der Waals surface area contributed by atoms with E-state index in [1.54, 1.807) is 7.05 Å².